The van der Waals surface area contributed by atoms with Crippen molar-refractivity contribution in [3.63, 3.8) is 0 Å². The zero-order chi connectivity index (χ0) is 12.5. The number of carbonyl (C=O) groups excluding carboxylic acids is 1. The van der Waals surface area contributed by atoms with Crippen molar-refractivity contribution in [2.45, 2.75) is 0 Å². The van der Waals surface area contributed by atoms with E-state index in [1.807, 2.05) is 14.5 Å². The molecule has 0 spiro atoms. The molecule has 18 heavy (non-hydrogen) atoms. The molecule has 0 bridgehead atoms. The van der Waals surface area contributed by atoms with Crippen LogP contribution in [0.2, 0.25) is 0 Å². The van der Waals surface area contributed by atoms with E-state index in [0.29, 0.717) is 31.6 Å². The molecule has 5 nitrogen and oxygen atoms in total. The van der Waals surface area contributed by atoms with E-state index in [0.717, 1.165) is 28.7 Å². The summed E-state index contributed by atoms with van der Waals surface area (Å²) < 4.78 is 2.01. The molecule has 2 heterocycles. The van der Waals surface area contributed by atoms with Gasteiger partial charge in [-0.05, 0) is 0 Å². The number of aromatic nitrogens is 4. The van der Waals surface area contributed by atoms with E-state index in [-0.39, 0.29) is 0 Å². The van der Waals surface area contributed by atoms with Crippen molar-refractivity contribution in [3.8, 4) is 11.3 Å². The fourth-order valence-corrected chi connectivity index (χ4v) is 2.78. The summed E-state index contributed by atoms with van der Waals surface area (Å²) in [4.78, 5) is 23.5. The molecule has 3 rings (SSSR count). The van der Waals surface area contributed by atoms with Crippen LogP contribution in [0.4, 0.5) is 0 Å². The first-order valence-corrected chi connectivity index (χ1v) is 7.29. The quantitative estimate of drug-likeness (QED) is 0.456. The van der Waals surface area contributed by atoms with Crippen LogP contribution in [0.5, 0.6) is 0 Å². The number of carbonyl (C=O) groups is 1. The summed E-state index contributed by atoms with van der Waals surface area (Å²) in [7, 11) is 0. The molecule has 3 aromatic rings. The summed E-state index contributed by atoms with van der Waals surface area (Å²) >= 11 is 0.625. The van der Waals surface area contributed by atoms with Crippen LogP contribution < -0.4 is 0 Å². The number of nitrogens with zero attached hydrogens (tertiary/aromatic N) is 4. The first kappa shape index (κ1) is 11.5. The third-order valence-electron chi connectivity index (χ3n) is 2.68. The molecule has 0 N–H and O–H groups in total. The van der Waals surface area contributed by atoms with Gasteiger partial charge in [-0.1, -0.05) is 0 Å². The summed E-state index contributed by atoms with van der Waals surface area (Å²) in [6.07, 6.45) is 4.16. The van der Waals surface area contributed by atoms with Crippen LogP contribution in [0, 0.1) is 0 Å². The van der Waals surface area contributed by atoms with Gasteiger partial charge in [0.15, 0.2) is 0 Å². The molecule has 0 saturated carbocycles. The van der Waals surface area contributed by atoms with Crippen LogP contribution in [0.15, 0.2) is 36.9 Å². The van der Waals surface area contributed by atoms with Crippen molar-refractivity contribution in [3.05, 3.63) is 42.5 Å². The van der Waals surface area contributed by atoms with E-state index in [1.165, 1.54) is 0 Å². The first-order valence-electron chi connectivity index (χ1n) is 5.28. The Labute approximate surface area is 119 Å². The summed E-state index contributed by atoms with van der Waals surface area (Å²) in [6, 6.07) is 7.30. The van der Waals surface area contributed by atoms with Crippen LogP contribution in [0.1, 0.15) is 10.4 Å². The van der Waals surface area contributed by atoms with Gasteiger partial charge in [-0.3, -0.25) is 0 Å². The maximum atomic E-state index is 10.6. The molecule has 84 valence electrons. The summed E-state index contributed by atoms with van der Waals surface area (Å²) in [5, 5.41) is 0. The second kappa shape index (κ2) is 4.56. The Hall–Kier alpha value is -1.64. The van der Waals surface area contributed by atoms with Gasteiger partial charge in [0, 0.05) is 0 Å². The van der Waals surface area contributed by atoms with E-state index in [1.54, 1.807) is 24.8 Å². The Balaban J connectivity index is 2.21. The van der Waals surface area contributed by atoms with Crippen molar-refractivity contribution in [1.29, 1.82) is 0 Å². The molecular formula is C12H7N4OTl. The normalized spacial score (nSPS) is 10.6. The standard InChI is InChI=1S/C12H8N4O.Tl/c17-5-8-1-3-9(4-2-8)10-11-12(15-6-13-10)16-7-14-11;/h1-7H,(H,13,14,15,16,17);/q;+1/p-1. The van der Waals surface area contributed by atoms with Gasteiger partial charge in [0.2, 0.25) is 0 Å². The molecule has 0 aliphatic heterocycles. The molecule has 0 atom stereocenters. The van der Waals surface area contributed by atoms with E-state index in [9.17, 15) is 4.79 Å². The van der Waals surface area contributed by atoms with E-state index >= 15 is 0 Å². The topological polar surface area (TPSA) is 60.7 Å². The van der Waals surface area contributed by atoms with Crippen LogP contribution >= 0.6 is 0 Å². The van der Waals surface area contributed by atoms with Gasteiger partial charge in [-0.2, -0.15) is 0 Å². The molecular weight excluding hydrogens is 421 g/mol. The fourth-order valence-electron chi connectivity index (χ4n) is 1.78. The van der Waals surface area contributed by atoms with Crippen molar-refractivity contribution in [2.24, 2.45) is 0 Å². The van der Waals surface area contributed by atoms with Gasteiger partial charge in [-0.25, -0.2) is 0 Å². The predicted octanol–water partition coefficient (Wildman–Crippen LogP) is 1.24. The Morgan fingerprint density at radius 3 is 2.61 bits per heavy atom. The molecule has 1 aromatic carbocycles. The maximum absolute atomic E-state index is 10.6. The van der Waals surface area contributed by atoms with Gasteiger partial charge in [0.1, 0.15) is 0 Å². The zero-order valence-corrected chi connectivity index (χ0v) is 13.8. The minimum atomic E-state index is 0.625. The number of imidazole rings is 1. The summed E-state index contributed by atoms with van der Waals surface area (Å²) in [5.74, 6) is 0. The second-order valence-corrected chi connectivity index (χ2v) is 5.95. The Morgan fingerprint density at radius 1 is 1.11 bits per heavy atom. The van der Waals surface area contributed by atoms with E-state index < -0.39 is 0 Å². The number of hydrogen-bond donors (Lipinski definition) is 0. The third-order valence-corrected chi connectivity index (χ3v) is 4.15. The van der Waals surface area contributed by atoms with Crippen LogP contribution in [0.25, 0.3) is 22.4 Å². The number of rotatable bonds is 2. The Bertz CT molecular complexity index is 721. The number of aldehydes is 1. The van der Waals surface area contributed by atoms with Crippen molar-refractivity contribution in [1.82, 2.24) is 17.3 Å². The molecule has 0 amide bonds. The van der Waals surface area contributed by atoms with Crippen LogP contribution in [-0.2, 0) is 0 Å². The number of benzene rings is 1. The predicted molar refractivity (Wildman–Crippen MR) is 67.3 cm³/mol. The molecule has 0 aliphatic rings. The molecule has 0 fully saturated rings. The van der Waals surface area contributed by atoms with Crippen molar-refractivity contribution >= 4 is 43.5 Å². The molecule has 0 radical (unpaired) electrons. The average molecular weight is 428 g/mol. The minimum absolute atomic E-state index is 0.625. The molecule has 0 saturated heterocycles. The second-order valence-electron chi connectivity index (χ2n) is 3.79. The fraction of sp³-hybridized carbons (Fsp3) is 0. The SMILES string of the molecule is O=Cc1ccc(-c2ncnc3c2nc[n]3[Tl])cc1. The van der Waals surface area contributed by atoms with Crippen molar-refractivity contribution < 1.29 is 4.79 Å². The Morgan fingerprint density at radius 2 is 1.89 bits per heavy atom. The van der Waals surface area contributed by atoms with Gasteiger partial charge < -0.3 is 0 Å². The van der Waals surface area contributed by atoms with Crippen molar-refractivity contribution in [2.75, 3.05) is 0 Å². The summed E-state index contributed by atoms with van der Waals surface area (Å²) in [6.45, 7) is 0. The average Bonchev–Trinajstić information content (AvgIpc) is 2.81. The van der Waals surface area contributed by atoms with Gasteiger partial charge in [-0.15, -0.1) is 0 Å². The van der Waals surface area contributed by atoms with Gasteiger partial charge in [0.05, 0.1) is 0 Å². The number of fused-ring (bicyclic) bond motifs is 1. The monoisotopic (exact) mass is 428 g/mol. The zero-order valence-electron chi connectivity index (χ0n) is 9.32. The van der Waals surface area contributed by atoms with Gasteiger partial charge >= 0.3 is 119 Å². The summed E-state index contributed by atoms with van der Waals surface area (Å²) in [5.41, 5.74) is 4.07. The van der Waals surface area contributed by atoms with Gasteiger partial charge in [0.25, 0.3) is 0 Å². The molecule has 2 aromatic heterocycles. The van der Waals surface area contributed by atoms with E-state index in [2.05, 4.69) is 15.0 Å². The molecule has 0 unspecified atom stereocenters. The molecule has 6 heteroatoms. The van der Waals surface area contributed by atoms with Crippen LogP contribution in [-0.4, -0.2) is 49.7 Å². The third kappa shape index (κ3) is 1.84. The first-order chi connectivity index (χ1) is 8.79. The number of hydrogen-bond acceptors (Lipinski definition) is 4. The van der Waals surface area contributed by atoms with Crippen LogP contribution in [0.3, 0.4) is 0 Å². The van der Waals surface area contributed by atoms with E-state index in [4.69, 9.17) is 0 Å². The Kier molecular flexibility index (Phi) is 2.90. The molecule has 0 aliphatic carbocycles.